The topological polar surface area (TPSA) is 12.0 Å². The van der Waals surface area contributed by atoms with Crippen molar-refractivity contribution in [3.63, 3.8) is 0 Å². The standard InChI is InChI=1S/C20H23N/c1-2-5-16(6-3-1)12-20(14-21-15-20)13-17-9-10-18-7-4-8-19(18)11-17/h1-3,5-6,9-11,21H,4,7-8,12-15H2. The number of benzene rings is 2. The van der Waals surface area contributed by atoms with E-state index in [-0.39, 0.29) is 0 Å². The summed E-state index contributed by atoms with van der Waals surface area (Å²) in [4.78, 5) is 0. The fourth-order valence-electron chi connectivity index (χ4n) is 3.99. The van der Waals surface area contributed by atoms with Crippen LogP contribution in [0.4, 0.5) is 0 Å². The third-order valence-corrected chi connectivity index (χ3v) is 5.16. The van der Waals surface area contributed by atoms with Crippen LogP contribution in [0.15, 0.2) is 48.5 Å². The van der Waals surface area contributed by atoms with E-state index in [0.29, 0.717) is 5.41 Å². The molecule has 1 heteroatoms. The van der Waals surface area contributed by atoms with Crippen LogP contribution in [0.2, 0.25) is 0 Å². The molecule has 0 atom stereocenters. The monoisotopic (exact) mass is 277 g/mol. The van der Waals surface area contributed by atoms with Gasteiger partial charge in [0.2, 0.25) is 0 Å². The van der Waals surface area contributed by atoms with E-state index >= 15 is 0 Å². The number of hydrogen-bond acceptors (Lipinski definition) is 1. The minimum Gasteiger partial charge on any atom is -0.315 e. The van der Waals surface area contributed by atoms with E-state index in [4.69, 9.17) is 0 Å². The molecule has 0 bridgehead atoms. The highest BCUT2D eigenvalue weighted by Crippen LogP contribution is 2.33. The maximum Gasteiger partial charge on any atom is 0.00331 e. The second kappa shape index (κ2) is 5.31. The molecule has 1 heterocycles. The Hall–Kier alpha value is -1.60. The van der Waals surface area contributed by atoms with Gasteiger partial charge in [0.05, 0.1) is 0 Å². The third kappa shape index (κ3) is 2.63. The van der Waals surface area contributed by atoms with E-state index in [1.807, 2.05) is 0 Å². The highest BCUT2D eigenvalue weighted by atomic mass is 15.0. The van der Waals surface area contributed by atoms with E-state index in [9.17, 15) is 0 Å². The molecule has 0 amide bonds. The highest BCUT2D eigenvalue weighted by molar-refractivity contribution is 5.36. The minimum absolute atomic E-state index is 0.425. The van der Waals surface area contributed by atoms with E-state index in [1.165, 1.54) is 43.2 Å². The summed E-state index contributed by atoms with van der Waals surface area (Å²) in [6.45, 7) is 2.30. The SMILES string of the molecule is c1ccc(CC2(Cc3ccc4c(c3)CCC4)CNC2)cc1. The smallest absolute Gasteiger partial charge is 0.00331 e. The second-order valence-electron chi connectivity index (χ2n) is 6.90. The summed E-state index contributed by atoms with van der Waals surface area (Å²) < 4.78 is 0. The van der Waals surface area contributed by atoms with E-state index < -0.39 is 0 Å². The molecule has 0 unspecified atom stereocenters. The van der Waals surface area contributed by atoms with Crippen molar-refractivity contribution in [2.24, 2.45) is 5.41 Å². The largest absolute Gasteiger partial charge is 0.315 e. The van der Waals surface area contributed by atoms with Gasteiger partial charge in [-0.25, -0.2) is 0 Å². The van der Waals surface area contributed by atoms with E-state index in [2.05, 4.69) is 53.8 Å². The third-order valence-electron chi connectivity index (χ3n) is 5.16. The fraction of sp³-hybridized carbons (Fsp3) is 0.400. The lowest BCUT2D eigenvalue weighted by molar-refractivity contribution is 0.166. The molecule has 1 fully saturated rings. The molecule has 0 saturated carbocycles. The summed E-state index contributed by atoms with van der Waals surface area (Å²) in [5, 5.41) is 3.49. The maximum absolute atomic E-state index is 3.49. The molecule has 0 spiro atoms. The molecule has 1 saturated heterocycles. The predicted octanol–water partition coefficient (Wildman–Crippen LogP) is 3.55. The van der Waals surface area contributed by atoms with Crippen LogP contribution in [0.1, 0.15) is 28.7 Å². The Bertz CT molecular complexity index is 626. The zero-order valence-electron chi connectivity index (χ0n) is 12.6. The highest BCUT2D eigenvalue weighted by Gasteiger charge is 2.37. The molecule has 1 aliphatic heterocycles. The zero-order valence-corrected chi connectivity index (χ0v) is 12.6. The van der Waals surface area contributed by atoms with Crippen LogP contribution in [0, 0.1) is 5.41 Å². The molecule has 1 aliphatic carbocycles. The number of aryl methyl sites for hydroxylation is 2. The molecule has 4 rings (SSSR count). The minimum atomic E-state index is 0.425. The van der Waals surface area contributed by atoms with Crippen molar-refractivity contribution < 1.29 is 0 Å². The summed E-state index contributed by atoms with van der Waals surface area (Å²) in [5.74, 6) is 0. The van der Waals surface area contributed by atoms with E-state index in [0.717, 1.165) is 13.1 Å². The van der Waals surface area contributed by atoms with Gasteiger partial charge in [0.15, 0.2) is 0 Å². The molecular weight excluding hydrogens is 254 g/mol. The van der Waals surface area contributed by atoms with Gasteiger partial charge in [-0.05, 0) is 54.4 Å². The second-order valence-corrected chi connectivity index (χ2v) is 6.90. The average Bonchev–Trinajstić information content (AvgIpc) is 2.93. The molecule has 2 aliphatic rings. The van der Waals surface area contributed by atoms with Gasteiger partial charge in [-0.1, -0.05) is 48.5 Å². The molecular formula is C20H23N. The Morgan fingerprint density at radius 1 is 0.810 bits per heavy atom. The Labute approximate surface area is 127 Å². The average molecular weight is 277 g/mol. The van der Waals surface area contributed by atoms with Gasteiger partial charge in [0.25, 0.3) is 0 Å². The van der Waals surface area contributed by atoms with E-state index in [1.54, 1.807) is 11.1 Å². The number of fused-ring (bicyclic) bond motifs is 1. The van der Waals surface area contributed by atoms with Crippen molar-refractivity contribution >= 4 is 0 Å². The molecule has 1 N–H and O–H groups in total. The Balaban J connectivity index is 1.54. The van der Waals surface area contributed by atoms with Crippen LogP contribution in [0.3, 0.4) is 0 Å². The quantitative estimate of drug-likeness (QED) is 0.901. The van der Waals surface area contributed by atoms with Gasteiger partial charge in [0, 0.05) is 18.5 Å². The molecule has 108 valence electrons. The first-order valence-corrected chi connectivity index (χ1v) is 8.18. The molecule has 1 nitrogen and oxygen atoms in total. The van der Waals surface area contributed by atoms with Crippen LogP contribution >= 0.6 is 0 Å². The van der Waals surface area contributed by atoms with Gasteiger partial charge in [0.1, 0.15) is 0 Å². The summed E-state index contributed by atoms with van der Waals surface area (Å²) in [6, 6.07) is 18.2. The lowest BCUT2D eigenvalue weighted by atomic mass is 9.72. The van der Waals surface area contributed by atoms with Crippen molar-refractivity contribution in [3.8, 4) is 0 Å². The van der Waals surface area contributed by atoms with Gasteiger partial charge >= 0.3 is 0 Å². The predicted molar refractivity (Wildman–Crippen MR) is 87.6 cm³/mol. The van der Waals surface area contributed by atoms with Crippen LogP contribution < -0.4 is 5.32 Å². The number of nitrogens with one attached hydrogen (secondary N) is 1. The van der Waals surface area contributed by atoms with Crippen LogP contribution in [-0.4, -0.2) is 13.1 Å². The fourth-order valence-corrected chi connectivity index (χ4v) is 3.99. The lowest BCUT2D eigenvalue weighted by Crippen LogP contribution is -2.56. The van der Waals surface area contributed by atoms with Gasteiger partial charge in [-0.15, -0.1) is 0 Å². The molecule has 0 radical (unpaired) electrons. The zero-order chi connectivity index (χ0) is 14.1. The van der Waals surface area contributed by atoms with Crippen LogP contribution in [0.5, 0.6) is 0 Å². The van der Waals surface area contributed by atoms with Crippen molar-refractivity contribution in [3.05, 3.63) is 70.8 Å². The summed E-state index contributed by atoms with van der Waals surface area (Å²) >= 11 is 0. The molecule has 0 aromatic heterocycles. The first-order chi connectivity index (χ1) is 10.3. The van der Waals surface area contributed by atoms with Crippen molar-refractivity contribution in [2.45, 2.75) is 32.1 Å². The lowest BCUT2D eigenvalue weighted by Gasteiger charge is -2.43. The summed E-state index contributed by atoms with van der Waals surface area (Å²) in [5.41, 5.74) is 6.62. The number of rotatable bonds is 4. The Morgan fingerprint density at radius 2 is 1.57 bits per heavy atom. The molecule has 2 aromatic rings. The summed E-state index contributed by atoms with van der Waals surface area (Å²) in [7, 11) is 0. The maximum atomic E-state index is 3.49. The molecule has 2 aromatic carbocycles. The summed E-state index contributed by atoms with van der Waals surface area (Å²) in [6.07, 6.45) is 6.31. The van der Waals surface area contributed by atoms with Gasteiger partial charge in [-0.3, -0.25) is 0 Å². The Morgan fingerprint density at radius 3 is 2.33 bits per heavy atom. The van der Waals surface area contributed by atoms with Gasteiger partial charge < -0.3 is 5.32 Å². The number of hydrogen-bond donors (Lipinski definition) is 1. The first-order valence-electron chi connectivity index (χ1n) is 8.18. The van der Waals surface area contributed by atoms with Gasteiger partial charge in [-0.2, -0.15) is 0 Å². The Kier molecular flexibility index (Phi) is 3.31. The van der Waals surface area contributed by atoms with Crippen LogP contribution in [0.25, 0.3) is 0 Å². The van der Waals surface area contributed by atoms with Crippen molar-refractivity contribution in [1.29, 1.82) is 0 Å². The van der Waals surface area contributed by atoms with Crippen molar-refractivity contribution in [1.82, 2.24) is 5.32 Å². The molecule has 21 heavy (non-hydrogen) atoms. The van der Waals surface area contributed by atoms with Crippen molar-refractivity contribution in [2.75, 3.05) is 13.1 Å². The normalized spacial score (nSPS) is 19.0. The first kappa shape index (κ1) is 13.1. The van der Waals surface area contributed by atoms with Crippen LogP contribution in [-0.2, 0) is 25.7 Å².